The minimum atomic E-state index is -3.11. The Morgan fingerprint density at radius 2 is 1.79 bits per heavy atom. The zero-order valence-corrected chi connectivity index (χ0v) is 29.8. The summed E-state index contributed by atoms with van der Waals surface area (Å²) in [5.74, 6) is -4.95. The highest BCUT2D eigenvalue weighted by Crippen LogP contribution is 2.59. The number of carbonyl (C=O) groups is 2. The molecule has 276 valence electrons. The van der Waals surface area contributed by atoms with Crippen LogP contribution in [0.2, 0.25) is 5.02 Å². The molecule has 4 aromatic rings. The second kappa shape index (κ2) is 13.2. The van der Waals surface area contributed by atoms with E-state index in [0.717, 1.165) is 17.9 Å². The molecule has 13 nitrogen and oxygen atoms in total. The van der Waals surface area contributed by atoms with Crippen molar-refractivity contribution in [2.75, 3.05) is 6.61 Å². The second-order valence-electron chi connectivity index (χ2n) is 14.5. The van der Waals surface area contributed by atoms with E-state index < -0.39 is 65.5 Å². The SMILES string of the molecule is Cn1nnnc1-c1ccc([C@@]2(CC(C)(C)C)N=C(N)N([C@H](COC(=O)CC3(C(C)(F)F)CC3)c3ccc(Cl)c(-n4ncnc4C(F)F)c3)C2=O)cc1. The quantitative estimate of drug-likeness (QED) is 0.137. The molecule has 0 spiro atoms. The first-order valence-electron chi connectivity index (χ1n) is 16.4. The summed E-state index contributed by atoms with van der Waals surface area (Å²) < 4.78 is 64.4. The lowest BCUT2D eigenvalue weighted by Gasteiger charge is -2.35. The fourth-order valence-electron chi connectivity index (χ4n) is 6.67. The molecule has 0 radical (unpaired) electrons. The fraction of sp³-hybridized carbons (Fsp3) is 0.471. The molecule has 1 saturated carbocycles. The Hall–Kier alpha value is -4.93. The van der Waals surface area contributed by atoms with Crippen LogP contribution in [0.3, 0.4) is 0 Å². The number of guanidine groups is 1. The number of aliphatic imine (C=N–C) groups is 1. The van der Waals surface area contributed by atoms with Gasteiger partial charge in [-0.1, -0.05) is 62.7 Å². The number of amides is 1. The molecule has 1 fully saturated rings. The molecular formula is C34H37ClF4N10O3. The van der Waals surface area contributed by atoms with Gasteiger partial charge in [0.2, 0.25) is 0 Å². The molecule has 0 unspecified atom stereocenters. The molecule has 1 aliphatic heterocycles. The third kappa shape index (κ3) is 6.85. The smallest absolute Gasteiger partial charge is 0.306 e. The van der Waals surface area contributed by atoms with Crippen LogP contribution in [0.15, 0.2) is 53.8 Å². The Balaban J connectivity index is 1.41. The Bertz CT molecular complexity index is 2020. The van der Waals surface area contributed by atoms with Gasteiger partial charge >= 0.3 is 5.97 Å². The first-order valence-corrected chi connectivity index (χ1v) is 16.8. The summed E-state index contributed by atoms with van der Waals surface area (Å²) in [4.78, 5) is 37.7. The van der Waals surface area contributed by atoms with Crippen molar-refractivity contribution in [1.29, 1.82) is 0 Å². The Kier molecular flexibility index (Phi) is 9.38. The maximum absolute atomic E-state index is 14.9. The molecule has 2 aromatic carbocycles. The van der Waals surface area contributed by atoms with E-state index in [0.29, 0.717) is 17.0 Å². The number of nitrogens with two attached hydrogens (primary N) is 1. The Morgan fingerprint density at radius 3 is 2.37 bits per heavy atom. The van der Waals surface area contributed by atoms with E-state index in [1.54, 1.807) is 31.3 Å². The first-order chi connectivity index (χ1) is 24.4. The summed E-state index contributed by atoms with van der Waals surface area (Å²) in [6, 6.07) is 10.1. The summed E-state index contributed by atoms with van der Waals surface area (Å²) in [5.41, 5.74) is 4.52. The summed E-state index contributed by atoms with van der Waals surface area (Å²) >= 11 is 6.46. The van der Waals surface area contributed by atoms with Crippen molar-refractivity contribution >= 4 is 29.4 Å². The molecule has 52 heavy (non-hydrogen) atoms. The second-order valence-corrected chi connectivity index (χ2v) is 14.9. The monoisotopic (exact) mass is 744 g/mol. The van der Waals surface area contributed by atoms with Crippen LogP contribution in [0.25, 0.3) is 17.1 Å². The number of hydrogen-bond acceptors (Lipinski definition) is 10. The van der Waals surface area contributed by atoms with Crippen molar-refractivity contribution in [3.8, 4) is 17.1 Å². The van der Waals surface area contributed by atoms with Gasteiger partial charge in [0, 0.05) is 18.0 Å². The number of aromatic nitrogens is 7. The van der Waals surface area contributed by atoms with E-state index in [1.807, 2.05) is 20.8 Å². The number of aryl methyl sites for hydroxylation is 1. The third-order valence-electron chi connectivity index (χ3n) is 9.49. The lowest BCUT2D eigenvalue weighted by atomic mass is 9.75. The van der Waals surface area contributed by atoms with Crippen LogP contribution >= 0.6 is 11.6 Å². The van der Waals surface area contributed by atoms with Gasteiger partial charge in [-0.25, -0.2) is 36.9 Å². The number of benzene rings is 2. The summed E-state index contributed by atoms with van der Waals surface area (Å²) in [5, 5.41) is 15.5. The van der Waals surface area contributed by atoms with Crippen molar-refractivity contribution in [2.24, 2.45) is 28.6 Å². The van der Waals surface area contributed by atoms with Gasteiger partial charge in [0.1, 0.15) is 12.9 Å². The van der Waals surface area contributed by atoms with Gasteiger partial charge in [0.15, 0.2) is 23.1 Å². The number of halogens is 5. The van der Waals surface area contributed by atoms with Crippen LogP contribution in [0.1, 0.15) is 82.8 Å². The normalized spacial score (nSPS) is 19.2. The van der Waals surface area contributed by atoms with Gasteiger partial charge in [-0.05, 0) is 65.3 Å². The molecule has 6 rings (SSSR count). The highest BCUT2D eigenvalue weighted by Gasteiger charge is 2.60. The minimum Gasteiger partial charge on any atom is -0.463 e. The molecule has 0 bridgehead atoms. The Labute approximate surface area is 301 Å². The summed E-state index contributed by atoms with van der Waals surface area (Å²) in [6.07, 6.45) is -2.07. The molecule has 2 aromatic heterocycles. The van der Waals surface area contributed by atoms with Crippen molar-refractivity contribution < 1.29 is 31.9 Å². The zero-order chi connectivity index (χ0) is 37.8. The number of tetrazole rings is 1. The average molecular weight is 745 g/mol. The maximum Gasteiger partial charge on any atom is 0.306 e. The number of hydrogen-bond donors (Lipinski definition) is 1. The number of nitrogens with zero attached hydrogens (tertiary/aromatic N) is 9. The van der Waals surface area contributed by atoms with Crippen molar-refractivity contribution in [1.82, 2.24) is 39.9 Å². The van der Waals surface area contributed by atoms with Crippen molar-refractivity contribution in [3.05, 3.63) is 70.8 Å². The highest BCUT2D eigenvalue weighted by atomic mass is 35.5. The van der Waals surface area contributed by atoms with Crippen LogP contribution in [0.4, 0.5) is 17.6 Å². The topological polar surface area (TPSA) is 159 Å². The predicted molar refractivity (Wildman–Crippen MR) is 180 cm³/mol. The number of ether oxygens (including phenoxy) is 1. The van der Waals surface area contributed by atoms with E-state index >= 15 is 0 Å². The van der Waals surface area contributed by atoms with Gasteiger partial charge in [0.25, 0.3) is 18.3 Å². The largest absolute Gasteiger partial charge is 0.463 e. The summed E-state index contributed by atoms with van der Waals surface area (Å²) in [6.45, 7) is 6.06. The molecule has 3 heterocycles. The molecular weight excluding hydrogens is 708 g/mol. The third-order valence-corrected chi connectivity index (χ3v) is 9.81. The average Bonchev–Trinajstić information content (AvgIpc) is 3.37. The van der Waals surface area contributed by atoms with Gasteiger partial charge in [0.05, 0.1) is 23.2 Å². The van der Waals surface area contributed by atoms with Crippen LogP contribution in [0.5, 0.6) is 0 Å². The predicted octanol–water partition coefficient (Wildman–Crippen LogP) is 5.95. The van der Waals surface area contributed by atoms with Crippen molar-refractivity contribution in [3.63, 3.8) is 0 Å². The van der Waals surface area contributed by atoms with Crippen LogP contribution < -0.4 is 5.73 Å². The van der Waals surface area contributed by atoms with Crippen LogP contribution in [-0.4, -0.2) is 70.2 Å². The molecule has 2 atom stereocenters. The minimum absolute atomic E-state index is 0.00261. The molecule has 18 heteroatoms. The van der Waals surface area contributed by atoms with Gasteiger partial charge < -0.3 is 10.5 Å². The van der Waals surface area contributed by atoms with E-state index in [1.165, 1.54) is 27.8 Å². The lowest BCUT2D eigenvalue weighted by molar-refractivity contribution is -0.153. The zero-order valence-electron chi connectivity index (χ0n) is 29.0. The van der Waals surface area contributed by atoms with E-state index in [2.05, 4.69) is 25.6 Å². The Morgan fingerprint density at radius 1 is 1.10 bits per heavy atom. The molecule has 2 N–H and O–H groups in total. The molecule has 1 aliphatic carbocycles. The number of rotatable bonds is 12. The van der Waals surface area contributed by atoms with E-state index in [-0.39, 0.29) is 41.5 Å². The number of alkyl halides is 4. The van der Waals surface area contributed by atoms with E-state index in [9.17, 15) is 27.2 Å². The standard InChI is InChI=1S/C34H37ClF4N10O3/c1-31(2,3)17-34(21-9-6-19(7-10-21)27-44-45-46-47(27)5)29(51)48(30(40)43-34)24(16-52-25(50)15-33(12-13-33)32(4,38)39)20-8-11-22(35)23(14-20)49-28(26(36)37)41-18-42-49/h6-11,14,18,24,26H,12-13,15-17H2,1-5H3,(H2,40,43)/t24-,34-/m1/s1. The fourth-order valence-corrected chi connectivity index (χ4v) is 6.87. The highest BCUT2D eigenvalue weighted by molar-refractivity contribution is 6.32. The van der Waals surface area contributed by atoms with Crippen LogP contribution in [0, 0.1) is 10.8 Å². The molecule has 1 amide bonds. The van der Waals surface area contributed by atoms with Gasteiger partial charge in [-0.2, -0.15) is 5.10 Å². The molecule has 0 saturated heterocycles. The first kappa shape index (κ1) is 36.8. The lowest BCUT2D eigenvalue weighted by Crippen LogP contribution is -2.47. The van der Waals surface area contributed by atoms with Gasteiger partial charge in [-0.3, -0.25) is 14.5 Å². The summed E-state index contributed by atoms with van der Waals surface area (Å²) in [7, 11) is 1.69. The number of carbonyl (C=O) groups excluding carboxylic acids is 2. The number of esters is 1. The van der Waals surface area contributed by atoms with Crippen LogP contribution in [-0.2, 0) is 26.9 Å². The van der Waals surface area contributed by atoms with E-state index in [4.69, 9.17) is 27.1 Å². The van der Waals surface area contributed by atoms with Gasteiger partial charge in [-0.15, -0.1) is 5.10 Å². The molecule has 2 aliphatic rings. The maximum atomic E-state index is 14.9. The van der Waals surface area contributed by atoms with Crippen molar-refractivity contribution in [2.45, 2.75) is 77.3 Å².